The highest BCUT2D eigenvalue weighted by Crippen LogP contribution is 2.30. The van der Waals surface area contributed by atoms with Crippen molar-refractivity contribution in [2.75, 3.05) is 26.6 Å². The second-order valence-corrected chi connectivity index (χ2v) is 7.70. The zero-order valence-electron chi connectivity index (χ0n) is 17.9. The van der Waals surface area contributed by atoms with Crippen LogP contribution in [-0.4, -0.2) is 37.5 Å². The van der Waals surface area contributed by atoms with Gasteiger partial charge in [0.2, 0.25) is 0 Å². The summed E-state index contributed by atoms with van der Waals surface area (Å²) in [6, 6.07) is 13.6. The van der Waals surface area contributed by atoms with Crippen molar-refractivity contribution in [3.8, 4) is 34.1 Å². The van der Waals surface area contributed by atoms with E-state index in [1.807, 2.05) is 0 Å². The van der Waals surface area contributed by atoms with Gasteiger partial charge in [-0.05, 0) is 59.9 Å². The standard InChI is InChI=1S/C23H22F3NO5S/c1-29-21-15-18(6-9-20(21)31-12-3-13-33-30-2)27-11-10-17(14-22(27)28)16-4-7-19(8-5-16)32-23(24,25)26/h4-11,14-15H,3,12-13H2,1-2H3. The van der Waals surface area contributed by atoms with Gasteiger partial charge in [-0.15, -0.1) is 13.2 Å². The third-order valence-corrected chi connectivity index (χ3v) is 5.20. The SMILES string of the molecule is COSCCCOc1ccc(-n2ccc(-c3ccc(OC(F)(F)F)cc3)cc2=O)cc1OC. The summed E-state index contributed by atoms with van der Waals surface area (Å²) in [5.41, 5.74) is 1.42. The van der Waals surface area contributed by atoms with Gasteiger partial charge in [-0.25, -0.2) is 0 Å². The molecule has 3 aromatic rings. The maximum absolute atomic E-state index is 12.7. The lowest BCUT2D eigenvalue weighted by Gasteiger charge is -2.13. The quantitative estimate of drug-likeness (QED) is 0.283. The third-order valence-electron chi connectivity index (χ3n) is 4.51. The van der Waals surface area contributed by atoms with Crippen molar-refractivity contribution in [3.05, 3.63) is 71.1 Å². The molecular formula is C23H22F3NO5S. The van der Waals surface area contributed by atoms with Crippen LogP contribution in [0.1, 0.15) is 6.42 Å². The molecule has 0 aliphatic rings. The van der Waals surface area contributed by atoms with Crippen LogP contribution in [0.25, 0.3) is 16.8 Å². The molecular weight excluding hydrogens is 459 g/mol. The molecule has 0 atom stereocenters. The molecule has 176 valence electrons. The average Bonchev–Trinajstić information content (AvgIpc) is 2.78. The first-order valence-corrected chi connectivity index (χ1v) is 10.8. The fourth-order valence-corrected chi connectivity index (χ4v) is 3.43. The smallest absolute Gasteiger partial charge is 0.493 e. The van der Waals surface area contributed by atoms with Crippen molar-refractivity contribution in [2.45, 2.75) is 12.8 Å². The molecule has 1 heterocycles. The van der Waals surface area contributed by atoms with Crippen LogP contribution >= 0.6 is 12.0 Å². The third kappa shape index (κ3) is 6.93. The lowest BCUT2D eigenvalue weighted by atomic mass is 10.1. The van der Waals surface area contributed by atoms with E-state index >= 15 is 0 Å². The Bertz CT molecular complexity index is 1120. The molecule has 0 saturated heterocycles. The molecule has 0 saturated carbocycles. The number of aromatic nitrogens is 1. The fraction of sp³-hybridized carbons (Fsp3) is 0.261. The number of hydrogen-bond acceptors (Lipinski definition) is 6. The summed E-state index contributed by atoms with van der Waals surface area (Å²) in [6.45, 7) is 0.494. The number of rotatable bonds is 10. The minimum absolute atomic E-state index is 0.310. The van der Waals surface area contributed by atoms with Crippen LogP contribution in [0.2, 0.25) is 0 Å². The van der Waals surface area contributed by atoms with E-state index in [-0.39, 0.29) is 11.3 Å². The second-order valence-electron chi connectivity index (χ2n) is 6.72. The predicted octanol–water partition coefficient (Wildman–Crippen LogP) is 5.48. The minimum Gasteiger partial charge on any atom is -0.493 e. The molecule has 0 bridgehead atoms. The average molecular weight is 481 g/mol. The molecule has 0 fully saturated rings. The first kappa shape index (κ1) is 24.5. The molecule has 2 aromatic carbocycles. The van der Waals surface area contributed by atoms with Crippen molar-refractivity contribution in [2.24, 2.45) is 0 Å². The van der Waals surface area contributed by atoms with Crippen molar-refractivity contribution in [1.29, 1.82) is 0 Å². The summed E-state index contributed by atoms with van der Waals surface area (Å²) in [6.07, 6.45) is -2.37. The zero-order valence-corrected chi connectivity index (χ0v) is 18.7. The lowest BCUT2D eigenvalue weighted by molar-refractivity contribution is -0.274. The number of methoxy groups -OCH3 is 1. The maximum atomic E-state index is 12.7. The highest BCUT2D eigenvalue weighted by atomic mass is 32.2. The molecule has 0 unspecified atom stereocenters. The Balaban J connectivity index is 1.76. The van der Waals surface area contributed by atoms with Crippen LogP contribution in [0.3, 0.4) is 0 Å². The minimum atomic E-state index is -4.76. The first-order chi connectivity index (χ1) is 15.8. The Morgan fingerprint density at radius 3 is 2.33 bits per heavy atom. The van der Waals surface area contributed by atoms with E-state index in [9.17, 15) is 18.0 Å². The van der Waals surface area contributed by atoms with Crippen LogP contribution < -0.4 is 19.8 Å². The van der Waals surface area contributed by atoms with Gasteiger partial charge in [0, 0.05) is 24.1 Å². The van der Waals surface area contributed by atoms with Crippen LogP contribution in [0, 0.1) is 0 Å². The van der Waals surface area contributed by atoms with E-state index in [0.717, 1.165) is 12.2 Å². The van der Waals surface area contributed by atoms with Crippen LogP contribution in [0.4, 0.5) is 13.2 Å². The number of nitrogens with zero attached hydrogens (tertiary/aromatic N) is 1. The van der Waals surface area contributed by atoms with Crippen molar-refractivity contribution >= 4 is 12.0 Å². The molecule has 33 heavy (non-hydrogen) atoms. The summed E-state index contributed by atoms with van der Waals surface area (Å²) in [7, 11) is 3.13. The van der Waals surface area contributed by atoms with Gasteiger partial charge in [0.25, 0.3) is 5.56 Å². The summed E-state index contributed by atoms with van der Waals surface area (Å²) >= 11 is 1.36. The number of benzene rings is 2. The highest BCUT2D eigenvalue weighted by molar-refractivity contribution is 7.94. The summed E-state index contributed by atoms with van der Waals surface area (Å²) < 4.78 is 58.4. The molecule has 10 heteroatoms. The van der Waals surface area contributed by atoms with Crippen molar-refractivity contribution < 1.29 is 31.6 Å². The fourth-order valence-electron chi connectivity index (χ4n) is 3.03. The van der Waals surface area contributed by atoms with Gasteiger partial charge in [0.05, 0.1) is 26.5 Å². The van der Waals surface area contributed by atoms with Gasteiger partial charge < -0.3 is 18.4 Å². The summed E-state index contributed by atoms with van der Waals surface area (Å²) in [4.78, 5) is 12.7. The van der Waals surface area contributed by atoms with E-state index in [0.29, 0.717) is 34.9 Å². The van der Waals surface area contributed by atoms with Gasteiger partial charge in [-0.1, -0.05) is 12.1 Å². The number of halogens is 3. The lowest BCUT2D eigenvalue weighted by Crippen LogP contribution is -2.17. The van der Waals surface area contributed by atoms with Crippen molar-refractivity contribution in [1.82, 2.24) is 4.57 Å². The molecule has 3 rings (SSSR count). The Morgan fingerprint density at radius 2 is 1.70 bits per heavy atom. The van der Waals surface area contributed by atoms with E-state index in [2.05, 4.69) is 4.74 Å². The monoisotopic (exact) mass is 481 g/mol. The Hall–Kier alpha value is -3.11. The van der Waals surface area contributed by atoms with Crippen molar-refractivity contribution in [3.63, 3.8) is 0 Å². The number of alkyl halides is 3. The molecule has 0 spiro atoms. The largest absolute Gasteiger partial charge is 0.573 e. The normalized spacial score (nSPS) is 11.3. The second kappa shape index (κ2) is 11.2. The molecule has 0 aliphatic heterocycles. The summed E-state index contributed by atoms with van der Waals surface area (Å²) in [5, 5.41) is 0. The van der Waals surface area contributed by atoms with Gasteiger partial charge in [0.1, 0.15) is 5.75 Å². The van der Waals surface area contributed by atoms with E-state index in [4.69, 9.17) is 13.7 Å². The molecule has 1 aromatic heterocycles. The molecule has 6 nitrogen and oxygen atoms in total. The Labute approximate surface area is 193 Å². The topological polar surface area (TPSA) is 58.9 Å². The predicted molar refractivity (Wildman–Crippen MR) is 120 cm³/mol. The van der Waals surface area contributed by atoms with Gasteiger partial charge in [-0.3, -0.25) is 9.36 Å². The van der Waals surface area contributed by atoms with E-state index < -0.39 is 6.36 Å². The number of hydrogen-bond donors (Lipinski definition) is 0. The zero-order chi connectivity index (χ0) is 23.8. The van der Waals surface area contributed by atoms with Crippen LogP contribution in [0.15, 0.2) is 65.6 Å². The van der Waals surface area contributed by atoms with E-state index in [1.54, 1.807) is 37.6 Å². The van der Waals surface area contributed by atoms with Gasteiger partial charge >= 0.3 is 6.36 Å². The van der Waals surface area contributed by atoms with Crippen LogP contribution in [-0.2, 0) is 4.18 Å². The molecule has 0 radical (unpaired) electrons. The van der Waals surface area contributed by atoms with Crippen LogP contribution in [0.5, 0.6) is 17.2 Å². The van der Waals surface area contributed by atoms with Gasteiger partial charge in [-0.2, -0.15) is 0 Å². The van der Waals surface area contributed by atoms with E-state index in [1.165, 1.54) is 54.1 Å². The molecule has 0 N–H and O–H groups in total. The Morgan fingerprint density at radius 1 is 0.939 bits per heavy atom. The molecule has 0 aliphatic carbocycles. The first-order valence-electron chi connectivity index (χ1n) is 9.86. The molecule has 0 amide bonds. The maximum Gasteiger partial charge on any atom is 0.573 e. The van der Waals surface area contributed by atoms with Gasteiger partial charge in [0.15, 0.2) is 11.5 Å². The number of pyridine rings is 1. The highest BCUT2D eigenvalue weighted by Gasteiger charge is 2.30. The Kier molecular flexibility index (Phi) is 8.29. The summed E-state index contributed by atoms with van der Waals surface area (Å²) in [5.74, 6) is 1.53. The number of ether oxygens (including phenoxy) is 3.